The molecule has 2 atom stereocenters. The van der Waals surface area contributed by atoms with Crippen LogP contribution in [0.15, 0.2) is 0 Å². The molecule has 0 saturated heterocycles. The highest BCUT2D eigenvalue weighted by Gasteiger charge is 2.20. The molecule has 0 nitrogen and oxygen atoms in total. The molecule has 0 N–H and O–H groups in total. The van der Waals surface area contributed by atoms with Gasteiger partial charge in [-0.1, -0.05) is 26.2 Å². The molecule has 105 valence electrons. The van der Waals surface area contributed by atoms with E-state index < -0.39 is 7.25 Å². The van der Waals surface area contributed by atoms with Gasteiger partial charge in [0.1, 0.15) is 0 Å². The van der Waals surface area contributed by atoms with Crippen molar-refractivity contribution in [2.24, 2.45) is 0 Å². The topological polar surface area (TPSA) is 0 Å². The fourth-order valence-electron chi connectivity index (χ4n) is 1.20. The van der Waals surface area contributed by atoms with Crippen molar-refractivity contribution in [3.05, 3.63) is 6.92 Å². The van der Waals surface area contributed by atoms with Crippen LogP contribution in [0.5, 0.6) is 0 Å². The standard InChI is InChI=1S/C10H21S2.BF4/c1-5-6-7-8-10(12-4)9(2)11-3;2-1(3,4)5/h9-10H,2,5-8H2,1,3-4H3;/q;-1. The summed E-state index contributed by atoms with van der Waals surface area (Å²) in [6.07, 6.45) is 9.75. The van der Waals surface area contributed by atoms with E-state index in [1.165, 1.54) is 25.7 Å². The summed E-state index contributed by atoms with van der Waals surface area (Å²) in [6, 6.07) is 0. The monoisotopic (exact) mass is 292 g/mol. The third-order valence-corrected chi connectivity index (χ3v) is 4.39. The molecule has 0 spiro atoms. The predicted octanol–water partition coefficient (Wildman–Crippen LogP) is 5.16. The highest BCUT2D eigenvalue weighted by Crippen LogP contribution is 2.25. The van der Waals surface area contributed by atoms with Gasteiger partial charge < -0.3 is 17.3 Å². The second-order valence-electron chi connectivity index (χ2n) is 3.54. The van der Waals surface area contributed by atoms with Crippen molar-refractivity contribution < 1.29 is 17.3 Å². The van der Waals surface area contributed by atoms with Gasteiger partial charge in [0, 0.05) is 10.5 Å². The van der Waals surface area contributed by atoms with Crippen molar-refractivity contribution in [1.29, 1.82) is 0 Å². The van der Waals surface area contributed by atoms with Gasteiger partial charge in [0.25, 0.3) is 0 Å². The van der Waals surface area contributed by atoms with Crippen LogP contribution in [0.4, 0.5) is 17.3 Å². The molecule has 0 heterocycles. The van der Waals surface area contributed by atoms with Gasteiger partial charge >= 0.3 is 7.25 Å². The van der Waals surface area contributed by atoms with Gasteiger partial charge in [-0.3, -0.25) is 0 Å². The molecule has 7 heteroatoms. The lowest BCUT2D eigenvalue weighted by atomic mass is 10.1. The average Bonchev–Trinajstić information content (AvgIpc) is 2.21. The molecule has 0 aliphatic rings. The van der Waals surface area contributed by atoms with Gasteiger partial charge in [-0.15, -0.1) is 0 Å². The fraction of sp³-hybridized carbons (Fsp3) is 0.900. The Hall–Kier alpha value is 0.485. The van der Waals surface area contributed by atoms with Crippen molar-refractivity contribution >= 4 is 30.8 Å². The van der Waals surface area contributed by atoms with E-state index in [9.17, 15) is 17.3 Å². The van der Waals surface area contributed by atoms with E-state index in [2.05, 4.69) is 26.4 Å². The van der Waals surface area contributed by atoms with Crippen LogP contribution in [-0.2, 0) is 0 Å². The maximum absolute atomic E-state index is 9.75. The van der Waals surface area contributed by atoms with Crippen molar-refractivity contribution in [3.8, 4) is 0 Å². The van der Waals surface area contributed by atoms with Crippen LogP contribution < -0.4 is 0 Å². The Morgan fingerprint density at radius 3 is 1.82 bits per heavy atom. The van der Waals surface area contributed by atoms with Gasteiger partial charge in [-0.05, 0) is 25.9 Å². The van der Waals surface area contributed by atoms with Crippen LogP contribution in [0.1, 0.15) is 32.6 Å². The summed E-state index contributed by atoms with van der Waals surface area (Å²) in [6.45, 7) is 6.40. The van der Waals surface area contributed by atoms with Crippen molar-refractivity contribution in [2.75, 3.05) is 12.5 Å². The Morgan fingerprint density at radius 1 is 1.06 bits per heavy atom. The number of halogens is 4. The summed E-state index contributed by atoms with van der Waals surface area (Å²) in [5.41, 5.74) is 0. The zero-order valence-corrected chi connectivity index (χ0v) is 12.2. The third kappa shape index (κ3) is 19.0. The molecule has 0 fully saturated rings. The Kier molecular flexibility index (Phi) is 13.5. The van der Waals surface area contributed by atoms with Gasteiger partial charge in [0.15, 0.2) is 0 Å². The first-order chi connectivity index (χ1) is 7.76. The summed E-state index contributed by atoms with van der Waals surface area (Å²) in [4.78, 5) is 0. The second kappa shape index (κ2) is 11.6. The first kappa shape index (κ1) is 19.8. The van der Waals surface area contributed by atoms with Crippen molar-refractivity contribution in [1.82, 2.24) is 0 Å². The van der Waals surface area contributed by atoms with E-state index in [1.807, 2.05) is 23.5 Å². The maximum atomic E-state index is 9.75. The molecule has 0 aromatic heterocycles. The first-order valence-electron chi connectivity index (χ1n) is 5.52. The molecule has 17 heavy (non-hydrogen) atoms. The maximum Gasteiger partial charge on any atom is 0.673 e. The van der Waals surface area contributed by atoms with E-state index in [-0.39, 0.29) is 0 Å². The molecular weight excluding hydrogens is 271 g/mol. The van der Waals surface area contributed by atoms with E-state index in [0.717, 1.165) is 5.25 Å². The minimum atomic E-state index is -6.00. The lowest BCUT2D eigenvalue weighted by Crippen LogP contribution is -2.16. The molecule has 0 saturated carbocycles. The van der Waals surface area contributed by atoms with Gasteiger partial charge in [0.05, 0.1) is 0 Å². The molecule has 0 aromatic carbocycles. The molecule has 0 aliphatic heterocycles. The van der Waals surface area contributed by atoms with E-state index >= 15 is 0 Å². The number of rotatable bonds is 7. The Morgan fingerprint density at radius 2 is 1.53 bits per heavy atom. The average molecular weight is 292 g/mol. The normalized spacial score (nSPS) is 14.8. The summed E-state index contributed by atoms with van der Waals surface area (Å²) in [7, 11) is -6.00. The minimum Gasteiger partial charge on any atom is -0.418 e. The molecule has 2 unspecified atom stereocenters. The van der Waals surface area contributed by atoms with Crippen LogP contribution in [0.25, 0.3) is 0 Å². The minimum absolute atomic E-state index is 0.567. The summed E-state index contributed by atoms with van der Waals surface area (Å²) in [5.74, 6) is 0. The molecule has 1 radical (unpaired) electrons. The van der Waals surface area contributed by atoms with E-state index in [0.29, 0.717) is 5.25 Å². The first-order valence-corrected chi connectivity index (χ1v) is 8.09. The predicted molar refractivity (Wildman–Crippen MR) is 74.3 cm³/mol. The van der Waals surface area contributed by atoms with Crippen LogP contribution in [-0.4, -0.2) is 30.3 Å². The van der Waals surface area contributed by atoms with Gasteiger partial charge in [-0.25, -0.2) is 0 Å². The molecule has 0 aromatic rings. The van der Waals surface area contributed by atoms with Crippen LogP contribution >= 0.6 is 23.5 Å². The zero-order valence-electron chi connectivity index (χ0n) is 10.6. The number of hydrogen-bond donors (Lipinski definition) is 0. The molecule has 0 amide bonds. The Balaban J connectivity index is 0. The fourth-order valence-corrected chi connectivity index (χ4v) is 3.02. The zero-order chi connectivity index (χ0) is 13.9. The quantitative estimate of drug-likeness (QED) is 0.361. The molecule has 0 aliphatic carbocycles. The summed E-state index contributed by atoms with van der Waals surface area (Å²) >= 11 is 3.85. The lowest BCUT2D eigenvalue weighted by Gasteiger charge is -2.19. The highest BCUT2D eigenvalue weighted by molar-refractivity contribution is 8.03. The molecular formula is C10H21BF4S2-. The molecule has 0 bridgehead atoms. The number of thioether (sulfide) groups is 2. The largest absolute Gasteiger partial charge is 0.673 e. The van der Waals surface area contributed by atoms with Crippen LogP contribution in [0.3, 0.4) is 0 Å². The number of unbranched alkanes of at least 4 members (excludes halogenated alkanes) is 2. The second-order valence-corrected chi connectivity index (χ2v) is 5.69. The Bertz CT molecular complexity index is 161. The molecule has 0 rings (SSSR count). The van der Waals surface area contributed by atoms with Gasteiger partial charge in [-0.2, -0.15) is 23.5 Å². The Labute approximate surface area is 111 Å². The summed E-state index contributed by atoms with van der Waals surface area (Å²) < 4.78 is 39.0. The van der Waals surface area contributed by atoms with Gasteiger partial charge in [0.2, 0.25) is 0 Å². The highest BCUT2D eigenvalue weighted by atomic mass is 32.2. The van der Waals surface area contributed by atoms with Crippen molar-refractivity contribution in [3.63, 3.8) is 0 Å². The third-order valence-electron chi connectivity index (χ3n) is 2.11. The van der Waals surface area contributed by atoms with Crippen molar-refractivity contribution in [2.45, 2.75) is 43.1 Å². The van der Waals surface area contributed by atoms with E-state index in [4.69, 9.17) is 0 Å². The SMILES string of the molecule is F[B-](F)(F)F.[CH2]C(SC)C(CCCCC)SC. The summed E-state index contributed by atoms with van der Waals surface area (Å²) in [5, 5.41) is 1.32. The van der Waals surface area contributed by atoms with E-state index in [1.54, 1.807) is 0 Å². The lowest BCUT2D eigenvalue weighted by molar-refractivity contribution is 0.368. The van der Waals surface area contributed by atoms with Crippen LogP contribution in [0, 0.1) is 6.92 Å². The number of hydrogen-bond acceptors (Lipinski definition) is 2. The van der Waals surface area contributed by atoms with Crippen LogP contribution in [0.2, 0.25) is 0 Å². The smallest absolute Gasteiger partial charge is 0.418 e.